The van der Waals surface area contributed by atoms with Crippen molar-refractivity contribution < 1.29 is 19.5 Å². The maximum absolute atomic E-state index is 13.6. The minimum absolute atomic E-state index is 0.0809. The molecule has 4 aliphatic heterocycles. The highest BCUT2D eigenvalue weighted by molar-refractivity contribution is 6.07. The standard InChI is InChI=1S/C20H24N2O4/c1-3-11-9-21-16-8-20(18-7-13(11)14(16)10-26-18)15-5-4-12(23)6-17(15)22(25-2)19(20)24/h3-6,13-14,16,18,21,23H,7-10H2,1-2H3/b11-3-/t13-,14-,16+,18+,20-/m0/s1. The number of nitrogens with zero attached hydrogens (tertiary/aromatic N) is 1. The lowest BCUT2D eigenvalue weighted by atomic mass is 9.72. The molecule has 1 amide bonds. The van der Waals surface area contributed by atoms with Crippen LogP contribution in [0.4, 0.5) is 5.69 Å². The molecule has 1 saturated carbocycles. The van der Waals surface area contributed by atoms with Crippen LogP contribution in [0.1, 0.15) is 25.3 Å². The lowest BCUT2D eigenvalue weighted by molar-refractivity contribution is -0.137. The number of ether oxygens (including phenoxy) is 1. The third-order valence-corrected chi connectivity index (χ3v) is 6.93. The molecule has 2 N–H and O–H groups in total. The van der Waals surface area contributed by atoms with Crippen molar-refractivity contribution in [3.8, 4) is 5.75 Å². The lowest BCUT2D eigenvalue weighted by Gasteiger charge is -2.42. The number of hydrogen-bond donors (Lipinski definition) is 2. The van der Waals surface area contributed by atoms with Crippen LogP contribution in [0, 0.1) is 11.8 Å². The Labute approximate surface area is 152 Å². The van der Waals surface area contributed by atoms with E-state index in [1.165, 1.54) is 17.7 Å². The highest BCUT2D eigenvalue weighted by Gasteiger charge is 2.63. The Kier molecular flexibility index (Phi) is 3.48. The van der Waals surface area contributed by atoms with Crippen LogP contribution in [-0.2, 0) is 19.8 Å². The average molecular weight is 356 g/mol. The van der Waals surface area contributed by atoms with Gasteiger partial charge in [-0.3, -0.25) is 9.63 Å². The van der Waals surface area contributed by atoms with E-state index in [-0.39, 0.29) is 23.8 Å². The van der Waals surface area contributed by atoms with Crippen LogP contribution in [0.2, 0.25) is 0 Å². The van der Waals surface area contributed by atoms with Gasteiger partial charge in [0.2, 0.25) is 0 Å². The smallest absolute Gasteiger partial charge is 0.264 e. The van der Waals surface area contributed by atoms with Crippen molar-refractivity contribution in [2.75, 3.05) is 25.3 Å². The number of allylic oxidation sites excluding steroid dienone is 1. The predicted molar refractivity (Wildman–Crippen MR) is 95.8 cm³/mol. The van der Waals surface area contributed by atoms with Gasteiger partial charge in [0.05, 0.1) is 25.5 Å². The fourth-order valence-electron chi connectivity index (χ4n) is 5.69. The van der Waals surface area contributed by atoms with E-state index in [0.29, 0.717) is 30.6 Å². The van der Waals surface area contributed by atoms with Gasteiger partial charge in [-0.05, 0) is 37.3 Å². The summed E-state index contributed by atoms with van der Waals surface area (Å²) in [4.78, 5) is 19.0. The zero-order chi connectivity index (χ0) is 18.1. The van der Waals surface area contributed by atoms with Crippen molar-refractivity contribution in [3.63, 3.8) is 0 Å². The summed E-state index contributed by atoms with van der Waals surface area (Å²) < 4.78 is 6.29. The van der Waals surface area contributed by atoms with Gasteiger partial charge in [-0.25, -0.2) is 0 Å². The molecule has 4 fully saturated rings. The van der Waals surface area contributed by atoms with Gasteiger partial charge < -0.3 is 15.2 Å². The lowest BCUT2D eigenvalue weighted by Crippen LogP contribution is -2.50. The summed E-state index contributed by atoms with van der Waals surface area (Å²) in [6.07, 6.45) is 3.59. The molecule has 1 aliphatic carbocycles. The summed E-state index contributed by atoms with van der Waals surface area (Å²) in [5.41, 5.74) is 2.21. The maximum Gasteiger partial charge on any atom is 0.264 e. The SMILES string of the molecule is C/C=C1/CN[C@@H]2C[C@@]3(C(=O)N(OC)c4cc(O)ccc43)[C@H]3C[C@@H]1[C@@H]2CO3. The molecule has 5 atom stereocenters. The fraction of sp³-hybridized carbons (Fsp3) is 0.550. The molecule has 0 aromatic heterocycles. The van der Waals surface area contributed by atoms with Crippen molar-refractivity contribution in [1.29, 1.82) is 0 Å². The largest absolute Gasteiger partial charge is 0.508 e. The van der Waals surface area contributed by atoms with E-state index in [0.717, 1.165) is 18.5 Å². The van der Waals surface area contributed by atoms with Crippen LogP contribution in [0.3, 0.4) is 0 Å². The van der Waals surface area contributed by atoms with Crippen molar-refractivity contribution in [1.82, 2.24) is 5.32 Å². The number of fused-ring (bicyclic) bond motifs is 2. The molecule has 6 rings (SSSR count). The molecule has 0 radical (unpaired) electrons. The van der Waals surface area contributed by atoms with Gasteiger partial charge in [-0.1, -0.05) is 17.7 Å². The van der Waals surface area contributed by atoms with Gasteiger partial charge in [0.1, 0.15) is 11.2 Å². The Hall–Kier alpha value is -1.89. The number of hydrogen-bond acceptors (Lipinski definition) is 5. The first-order chi connectivity index (χ1) is 12.6. The Morgan fingerprint density at radius 2 is 2.31 bits per heavy atom. The first-order valence-electron chi connectivity index (χ1n) is 9.32. The molecule has 6 nitrogen and oxygen atoms in total. The molecular weight excluding hydrogens is 332 g/mol. The molecule has 5 aliphatic rings. The van der Waals surface area contributed by atoms with E-state index < -0.39 is 5.41 Å². The summed E-state index contributed by atoms with van der Waals surface area (Å²) in [5, 5.41) is 14.9. The van der Waals surface area contributed by atoms with E-state index in [4.69, 9.17) is 9.57 Å². The second-order valence-corrected chi connectivity index (χ2v) is 7.84. The molecule has 26 heavy (non-hydrogen) atoms. The summed E-state index contributed by atoms with van der Waals surface area (Å²) in [5.74, 6) is 0.912. The molecule has 4 heterocycles. The summed E-state index contributed by atoms with van der Waals surface area (Å²) in [6.45, 7) is 3.66. The van der Waals surface area contributed by atoms with E-state index in [1.54, 1.807) is 12.1 Å². The third-order valence-electron chi connectivity index (χ3n) is 6.93. The summed E-state index contributed by atoms with van der Waals surface area (Å²) in [6, 6.07) is 5.36. The molecule has 4 bridgehead atoms. The number of phenols is 1. The Morgan fingerprint density at radius 1 is 1.46 bits per heavy atom. The molecular formula is C20H24N2O4. The van der Waals surface area contributed by atoms with Crippen LogP contribution >= 0.6 is 0 Å². The Morgan fingerprint density at radius 3 is 3.08 bits per heavy atom. The first-order valence-corrected chi connectivity index (χ1v) is 9.32. The van der Waals surface area contributed by atoms with Crippen molar-refractivity contribution >= 4 is 11.6 Å². The molecule has 6 heteroatoms. The number of anilines is 1. The van der Waals surface area contributed by atoms with Crippen LogP contribution < -0.4 is 10.4 Å². The van der Waals surface area contributed by atoms with E-state index >= 15 is 0 Å². The van der Waals surface area contributed by atoms with Crippen molar-refractivity contribution in [3.05, 3.63) is 35.4 Å². The number of aromatic hydroxyl groups is 1. The van der Waals surface area contributed by atoms with Crippen LogP contribution in [-0.4, -0.2) is 43.4 Å². The van der Waals surface area contributed by atoms with E-state index in [9.17, 15) is 9.90 Å². The second-order valence-electron chi connectivity index (χ2n) is 7.84. The average Bonchev–Trinajstić information content (AvgIpc) is 2.74. The van der Waals surface area contributed by atoms with Crippen LogP contribution in [0.15, 0.2) is 29.8 Å². The zero-order valence-electron chi connectivity index (χ0n) is 15.1. The predicted octanol–water partition coefficient (Wildman–Crippen LogP) is 1.88. The van der Waals surface area contributed by atoms with Gasteiger partial charge >= 0.3 is 0 Å². The van der Waals surface area contributed by atoms with Gasteiger partial charge in [0, 0.05) is 24.6 Å². The van der Waals surface area contributed by atoms with E-state index in [1.807, 2.05) is 6.07 Å². The Bertz CT molecular complexity index is 807. The molecule has 0 unspecified atom stereocenters. The molecule has 1 spiro atoms. The van der Waals surface area contributed by atoms with Crippen molar-refractivity contribution in [2.24, 2.45) is 11.8 Å². The summed E-state index contributed by atoms with van der Waals surface area (Å²) in [7, 11) is 1.49. The number of hydroxylamine groups is 1. The van der Waals surface area contributed by atoms with Crippen LogP contribution in [0.5, 0.6) is 5.75 Å². The number of amides is 1. The molecule has 1 aromatic rings. The topological polar surface area (TPSA) is 71.0 Å². The zero-order valence-corrected chi connectivity index (χ0v) is 15.1. The number of phenolic OH excluding ortho intramolecular Hbond substituents is 1. The highest BCUT2D eigenvalue weighted by atomic mass is 16.7. The van der Waals surface area contributed by atoms with Gasteiger partial charge in [-0.2, -0.15) is 5.06 Å². The number of nitrogens with one attached hydrogen (secondary N) is 1. The Balaban J connectivity index is 1.69. The first kappa shape index (κ1) is 16.3. The maximum atomic E-state index is 13.6. The number of piperidine rings is 1. The fourth-order valence-corrected chi connectivity index (χ4v) is 5.69. The molecule has 138 valence electrons. The monoisotopic (exact) mass is 356 g/mol. The molecule has 1 aromatic carbocycles. The third kappa shape index (κ3) is 1.89. The van der Waals surface area contributed by atoms with Gasteiger partial charge in [-0.15, -0.1) is 0 Å². The quantitative estimate of drug-likeness (QED) is 0.752. The number of benzene rings is 1. The number of carbonyl (C=O) groups excluding carboxylic acids is 1. The highest BCUT2D eigenvalue weighted by Crippen LogP contribution is 2.56. The minimum Gasteiger partial charge on any atom is -0.508 e. The normalized spacial score (nSPS) is 39.5. The van der Waals surface area contributed by atoms with Gasteiger partial charge in [0.15, 0.2) is 0 Å². The number of carbonyl (C=O) groups is 1. The summed E-state index contributed by atoms with van der Waals surface area (Å²) >= 11 is 0. The minimum atomic E-state index is -0.761. The number of rotatable bonds is 1. The van der Waals surface area contributed by atoms with Gasteiger partial charge in [0.25, 0.3) is 5.91 Å². The second kappa shape index (κ2) is 5.55. The van der Waals surface area contributed by atoms with Crippen molar-refractivity contribution in [2.45, 2.75) is 37.3 Å². The molecule has 3 saturated heterocycles. The van der Waals surface area contributed by atoms with E-state index in [2.05, 4.69) is 18.3 Å². The van der Waals surface area contributed by atoms with Crippen LogP contribution in [0.25, 0.3) is 0 Å².